The lowest BCUT2D eigenvalue weighted by Crippen LogP contribution is -2.13. The molecule has 2 aromatic carbocycles. The van der Waals surface area contributed by atoms with Gasteiger partial charge in [0.2, 0.25) is 11.7 Å². The Morgan fingerprint density at radius 1 is 1.15 bits per heavy atom. The summed E-state index contributed by atoms with van der Waals surface area (Å²) >= 11 is 0. The van der Waals surface area contributed by atoms with Crippen LogP contribution in [0.15, 0.2) is 53.1 Å². The van der Waals surface area contributed by atoms with E-state index in [1.807, 2.05) is 62.4 Å². The van der Waals surface area contributed by atoms with Crippen molar-refractivity contribution in [3.8, 4) is 28.6 Å². The second-order valence-corrected chi connectivity index (χ2v) is 6.38. The zero-order valence-corrected chi connectivity index (χ0v) is 15.0. The second-order valence-electron chi connectivity index (χ2n) is 6.38. The maximum absolute atomic E-state index is 11.9. The lowest BCUT2D eigenvalue weighted by Gasteiger charge is -2.07. The van der Waals surface area contributed by atoms with Crippen LogP contribution in [0.5, 0.6) is 5.75 Å². The Morgan fingerprint density at radius 2 is 1.92 bits per heavy atom. The van der Waals surface area contributed by atoms with Gasteiger partial charge in [-0.05, 0) is 48.4 Å². The average molecular weight is 351 g/mol. The highest BCUT2D eigenvalue weighted by Gasteiger charge is 2.12. The first-order chi connectivity index (χ1) is 12.5. The van der Waals surface area contributed by atoms with E-state index in [-0.39, 0.29) is 5.91 Å². The highest BCUT2D eigenvalue weighted by molar-refractivity contribution is 5.91. The Kier molecular flexibility index (Phi) is 5.31. The summed E-state index contributed by atoms with van der Waals surface area (Å²) in [6.45, 7) is 4.02. The molecule has 0 aliphatic rings. The van der Waals surface area contributed by atoms with Crippen LogP contribution in [-0.2, 0) is 4.79 Å². The molecule has 1 N–H and O–H groups in total. The van der Waals surface area contributed by atoms with Crippen LogP contribution in [0.3, 0.4) is 0 Å². The summed E-state index contributed by atoms with van der Waals surface area (Å²) in [5, 5.41) is 6.93. The van der Waals surface area contributed by atoms with Crippen LogP contribution in [0, 0.1) is 5.92 Å². The van der Waals surface area contributed by atoms with Crippen molar-refractivity contribution in [2.24, 2.45) is 5.92 Å². The second kappa shape index (κ2) is 7.82. The quantitative estimate of drug-likeness (QED) is 0.712. The zero-order valence-electron chi connectivity index (χ0n) is 15.0. The highest BCUT2D eigenvalue weighted by Crippen LogP contribution is 2.25. The van der Waals surface area contributed by atoms with Gasteiger partial charge in [0.05, 0.1) is 7.11 Å². The molecule has 0 atom stereocenters. The summed E-state index contributed by atoms with van der Waals surface area (Å²) in [5.74, 6) is 1.96. The lowest BCUT2D eigenvalue weighted by molar-refractivity contribution is -0.116. The third-order valence-corrected chi connectivity index (χ3v) is 3.76. The average Bonchev–Trinajstić information content (AvgIpc) is 3.11. The largest absolute Gasteiger partial charge is 0.497 e. The van der Waals surface area contributed by atoms with Crippen LogP contribution in [0.4, 0.5) is 5.69 Å². The van der Waals surface area contributed by atoms with Crippen molar-refractivity contribution in [3.63, 3.8) is 0 Å². The number of anilines is 1. The van der Waals surface area contributed by atoms with Crippen molar-refractivity contribution in [3.05, 3.63) is 48.5 Å². The minimum absolute atomic E-state index is 0.0124. The SMILES string of the molecule is COc1ccc(-c2noc(-c3cccc(NC(=O)CC(C)C)c3)n2)cc1. The smallest absolute Gasteiger partial charge is 0.258 e. The predicted octanol–water partition coefficient (Wildman–Crippen LogP) is 4.40. The molecule has 6 nitrogen and oxygen atoms in total. The first-order valence-electron chi connectivity index (χ1n) is 8.43. The number of carbonyl (C=O) groups excluding carboxylic acids is 1. The first-order valence-corrected chi connectivity index (χ1v) is 8.43. The molecular formula is C20H21N3O3. The Labute approximate surface area is 152 Å². The molecule has 6 heteroatoms. The molecule has 0 saturated heterocycles. The molecule has 0 aliphatic carbocycles. The van der Waals surface area contributed by atoms with Crippen LogP contribution in [0.2, 0.25) is 0 Å². The zero-order chi connectivity index (χ0) is 18.5. The third-order valence-electron chi connectivity index (χ3n) is 3.76. The maximum Gasteiger partial charge on any atom is 0.258 e. The molecule has 3 aromatic rings. The van der Waals surface area contributed by atoms with E-state index in [1.54, 1.807) is 7.11 Å². The van der Waals surface area contributed by atoms with Crippen LogP contribution in [0.25, 0.3) is 22.8 Å². The fraction of sp³-hybridized carbons (Fsp3) is 0.250. The van der Waals surface area contributed by atoms with Crippen molar-refractivity contribution in [2.75, 3.05) is 12.4 Å². The third kappa shape index (κ3) is 4.27. The van der Waals surface area contributed by atoms with Crippen LogP contribution in [0.1, 0.15) is 20.3 Å². The molecule has 0 fully saturated rings. The van der Waals surface area contributed by atoms with E-state index in [1.165, 1.54) is 0 Å². The maximum atomic E-state index is 11.9. The van der Waals surface area contributed by atoms with Crippen LogP contribution < -0.4 is 10.1 Å². The van der Waals surface area contributed by atoms with E-state index in [4.69, 9.17) is 9.26 Å². The van der Waals surface area contributed by atoms with E-state index in [2.05, 4.69) is 15.5 Å². The molecule has 1 amide bonds. The Balaban J connectivity index is 1.78. The van der Waals surface area contributed by atoms with E-state index in [9.17, 15) is 4.79 Å². The van der Waals surface area contributed by atoms with Gasteiger partial charge in [0.25, 0.3) is 5.89 Å². The number of nitrogens with zero attached hydrogens (tertiary/aromatic N) is 2. The van der Waals surface area contributed by atoms with Crippen molar-refractivity contribution >= 4 is 11.6 Å². The first kappa shape index (κ1) is 17.7. The Morgan fingerprint density at radius 3 is 2.62 bits per heavy atom. The number of ether oxygens (including phenoxy) is 1. The summed E-state index contributed by atoms with van der Waals surface area (Å²) < 4.78 is 10.5. The van der Waals surface area contributed by atoms with Crippen molar-refractivity contribution in [1.29, 1.82) is 0 Å². The fourth-order valence-corrected chi connectivity index (χ4v) is 2.51. The summed E-state index contributed by atoms with van der Waals surface area (Å²) in [5.41, 5.74) is 2.29. The van der Waals surface area contributed by atoms with Gasteiger partial charge in [-0.3, -0.25) is 4.79 Å². The summed E-state index contributed by atoms with van der Waals surface area (Å²) in [6, 6.07) is 14.8. The number of nitrogens with one attached hydrogen (secondary N) is 1. The van der Waals surface area contributed by atoms with E-state index >= 15 is 0 Å². The number of benzene rings is 2. The Bertz CT molecular complexity index is 885. The number of hydrogen-bond acceptors (Lipinski definition) is 5. The van der Waals surface area contributed by atoms with Gasteiger partial charge in [-0.2, -0.15) is 4.98 Å². The minimum atomic E-state index is -0.0124. The summed E-state index contributed by atoms with van der Waals surface area (Å²) in [6.07, 6.45) is 0.479. The minimum Gasteiger partial charge on any atom is -0.497 e. The molecule has 1 aromatic heterocycles. The van der Waals surface area contributed by atoms with E-state index in [0.29, 0.717) is 29.7 Å². The molecule has 0 spiro atoms. The topological polar surface area (TPSA) is 77.3 Å². The molecule has 0 aliphatic heterocycles. The Hall–Kier alpha value is -3.15. The van der Waals surface area contributed by atoms with Gasteiger partial charge in [0.1, 0.15) is 5.75 Å². The lowest BCUT2D eigenvalue weighted by atomic mass is 10.1. The molecule has 0 saturated carbocycles. The van der Waals surface area contributed by atoms with Gasteiger partial charge >= 0.3 is 0 Å². The van der Waals surface area contributed by atoms with Gasteiger partial charge in [0.15, 0.2) is 0 Å². The predicted molar refractivity (Wildman–Crippen MR) is 99.8 cm³/mol. The standard InChI is InChI=1S/C20H21N3O3/c1-13(2)11-18(24)21-16-6-4-5-15(12-16)20-22-19(23-26-20)14-7-9-17(25-3)10-8-14/h4-10,12-13H,11H2,1-3H3,(H,21,24). The van der Waals surface area contributed by atoms with E-state index < -0.39 is 0 Å². The van der Waals surface area contributed by atoms with Crippen LogP contribution >= 0.6 is 0 Å². The molecular weight excluding hydrogens is 330 g/mol. The summed E-state index contributed by atoms with van der Waals surface area (Å²) in [7, 11) is 1.62. The van der Waals surface area contributed by atoms with Gasteiger partial charge in [-0.1, -0.05) is 25.1 Å². The number of methoxy groups -OCH3 is 1. The van der Waals surface area contributed by atoms with Crippen LogP contribution in [-0.4, -0.2) is 23.2 Å². The van der Waals surface area contributed by atoms with Crippen molar-refractivity contribution < 1.29 is 14.1 Å². The molecule has 0 unspecified atom stereocenters. The molecule has 134 valence electrons. The number of hydrogen-bond donors (Lipinski definition) is 1. The van der Waals surface area contributed by atoms with Gasteiger partial charge < -0.3 is 14.6 Å². The fourth-order valence-electron chi connectivity index (χ4n) is 2.51. The highest BCUT2D eigenvalue weighted by atomic mass is 16.5. The number of aromatic nitrogens is 2. The van der Waals surface area contributed by atoms with Gasteiger partial charge in [-0.15, -0.1) is 0 Å². The molecule has 3 rings (SSSR count). The summed E-state index contributed by atoms with van der Waals surface area (Å²) in [4.78, 5) is 16.4. The van der Waals surface area contributed by atoms with Gasteiger partial charge in [0, 0.05) is 23.2 Å². The monoisotopic (exact) mass is 351 g/mol. The van der Waals surface area contributed by atoms with Crippen molar-refractivity contribution in [1.82, 2.24) is 10.1 Å². The number of rotatable bonds is 6. The molecule has 0 radical (unpaired) electrons. The van der Waals surface area contributed by atoms with E-state index in [0.717, 1.165) is 16.9 Å². The molecule has 1 heterocycles. The normalized spacial score (nSPS) is 10.8. The number of amides is 1. The van der Waals surface area contributed by atoms with Gasteiger partial charge in [-0.25, -0.2) is 0 Å². The molecule has 0 bridgehead atoms. The molecule has 26 heavy (non-hydrogen) atoms. The van der Waals surface area contributed by atoms with Crippen molar-refractivity contribution in [2.45, 2.75) is 20.3 Å². The number of carbonyl (C=O) groups is 1.